The average molecular weight is 554 g/mol. The van der Waals surface area contributed by atoms with Crippen LogP contribution in [0.15, 0.2) is 65.8 Å². The maximum Gasteiger partial charge on any atom is 0.249 e. The van der Waals surface area contributed by atoms with Crippen LogP contribution >= 0.6 is 0 Å². The summed E-state index contributed by atoms with van der Waals surface area (Å²) in [6, 6.07) is 11.2. The van der Waals surface area contributed by atoms with E-state index in [0.717, 1.165) is 18.1 Å². The van der Waals surface area contributed by atoms with Gasteiger partial charge < -0.3 is 21.1 Å². The molecule has 0 saturated heterocycles. The lowest BCUT2D eigenvalue weighted by molar-refractivity contribution is -0.132. The second-order valence-corrected chi connectivity index (χ2v) is 11.1. The predicted octanol–water partition coefficient (Wildman–Crippen LogP) is 4.45. The van der Waals surface area contributed by atoms with E-state index in [4.69, 9.17) is 5.73 Å². The number of nitrogens with one attached hydrogen (secondary N) is 1. The van der Waals surface area contributed by atoms with Crippen molar-refractivity contribution in [1.82, 2.24) is 10.2 Å². The number of halogens is 2. The maximum atomic E-state index is 14.1. The lowest BCUT2D eigenvalue weighted by Gasteiger charge is -2.42. The van der Waals surface area contributed by atoms with E-state index in [9.17, 15) is 23.5 Å². The van der Waals surface area contributed by atoms with E-state index in [-0.39, 0.29) is 36.9 Å². The fourth-order valence-corrected chi connectivity index (χ4v) is 5.43. The molecule has 0 radical (unpaired) electrons. The van der Waals surface area contributed by atoms with Gasteiger partial charge in [0.1, 0.15) is 11.6 Å². The first-order chi connectivity index (χ1) is 18.9. The summed E-state index contributed by atoms with van der Waals surface area (Å²) in [5.74, 6) is -3.34. The summed E-state index contributed by atoms with van der Waals surface area (Å²) in [7, 11) is 1.69. The molecular formula is C32H41F2N3O3. The number of benzene rings is 2. The van der Waals surface area contributed by atoms with Crippen LogP contribution in [0.2, 0.25) is 0 Å². The van der Waals surface area contributed by atoms with Crippen LogP contribution in [0.3, 0.4) is 0 Å². The smallest absolute Gasteiger partial charge is 0.249 e. The van der Waals surface area contributed by atoms with Crippen LogP contribution in [-0.2, 0) is 29.0 Å². The molecule has 0 heterocycles. The number of primary amides is 1. The second kappa shape index (κ2) is 13.3. The molecule has 1 aliphatic carbocycles. The van der Waals surface area contributed by atoms with Gasteiger partial charge in [-0.15, -0.1) is 0 Å². The van der Waals surface area contributed by atoms with Crippen LogP contribution in [-0.4, -0.2) is 47.6 Å². The number of aliphatic hydroxyl groups is 1. The van der Waals surface area contributed by atoms with Crippen LogP contribution in [0.5, 0.6) is 0 Å². The van der Waals surface area contributed by atoms with Gasteiger partial charge in [-0.2, -0.15) is 0 Å². The molecule has 3 rings (SSSR count). The zero-order chi connectivity index (χ0) is 29.6. The van der Waals surface area contributed by atoms with Crippen molar-refractivity contribution in [2.24, 2.45) is 17.1 Å². The highest BCUT2D eigenvalue weighted by atomic mass is 19.1. The maximum absolute atomic E-state index is 14.1. The number of hydrogen-bond donors (Lipinski definition) is 3. The van der Waals surface area contributed by atoms with Gasteiger partial charge in [0.2, 0.25) is 11.8 Å². The minimum Gasteiger partial charge on any atom is -0.391 e. The van der Waals surface area contributed by atoms with E-state index >= 15 is 0 Å². The number of nitrogens with zero attached hydrogens (tertiary/aromatic N) is 1. The number of allylic oxidation sites excluding steroid dienone is 2. The molecule has 0 spiro atoms. The van der Waals surface area contributed by atoms with Gasteiger partial charge >= 0.3 is 0 Å². The first-order valence-corrected chi connectivity index (χ1v) is 13.7. The first kappa shape index (κ1) is 31.2. The summed E-state index contributed by atoms with van der Waals surface area (Å²) in [5, 5.41) is 14.8. The molecule has 0 bridgehead atoms. The number of aliphatic hydroxyl groups excluding tert-OH is 1. The van der Waals surface area contributed by atoms with E-state index in [1.165, 1.54) is 17.7 Å². The molecule has 8 heteroatoms. The van der Waals surface area contributed by atoms with Crippen molar-refractivity contribution < 1.29 is 23.5 Å². The highest BCUT2D eigenvalue weighted by Gasteiger charge is 2.48. The molecule has 3 atom stereocenters. The van der Waals surface area contributed by atoms with Crippen molar-refractivity contribution in [2.75, 3.05) is 13.6 Å². The Bertz CT molecular complexity index is 1270. The SMILES string of the molecule is CCc1cccc(CNC[C@H](O)[C@@H](Cc2cc(F)cc(F)c2)C2(C(N)=O)C=C(C)C=C(C(=O)N(C)C(C)C)C2)c1. The molecule has 1 aliphatic rings. The lowest BCUT2D eigenvalue weighted by Crippen LogP contribution is -2.51. The fourth-order valence-electron chi connectivity index (χ4n) is 5.43. The molecule has 1 unspecified atom stereocenters. The molecule has 0 aromatic heterocycles. The molecule has 2 aromatic rings. The van der Waals surface area contributed by atoms with Crippen molar-refractivity contribution in [1.29, 1.82) is 0 Å². The van der Waals surface area contributed by atoms with Crippen LogP contribution in [0, 0.1) is 23.0 Å². The number of carbonyl (C=O) groups excluding carboxylic acids is 2. The van der Waals surface area contributed by atoms with Crippen molar-refractivity contribution in [3.8, 4) is 0 Å². The van der Waals surface area contributed by atoms with Crippen molar-refractivity contribution in [2.45, 2.75) is 65.6 Å². The fraction of sp³-hybridized carbons (Fsp3) is 0.438. The van der Waals surface area contributed by atoms with E-state index < -0.39 is 35.0 Å². The van der Waals surface area contributed by atoms with Gasteiger partial charge in [0, 0.05) is 43.7 Å². The molecule has 2 amide bonds. The Morgan fingerprint density at radius 3 is 2.35 bits per heavy atom. The van der Waals surface area contributed by atoms with E-state index in [1.54, 1.807) is 31.0 Å². The quantitative estimate of drug-likeness (QED) is 0.362. The van der Waals surface area contributed by atoms with Crippen molar-refractivity contribution >= 4 is 11.8 Å². The monoisotopic (exact) mass is 553 g/mol. The van der Waals surface area contributed by atoms with Gasteiger partial charge in [-0.25, -0.2) is 8.78 Å². The summed E-state index contributed by atoms with van der Waals surface area (Å²) in [4.78, 5) is 28.2. The van der Waals surface area contributed by atoms with Crippen LogP contribution in [0.1, 0.15) is 50.8 Å². The summed E-state index contributed by atoms with van der Waals surface area (Å²) in [6.45, 7) is 8.19. The Balaban J connectivity index is 1.97. The van der Waals surface area contributed by atoms with E-state index in [1.807, 2.05) is 32.0 Å². The highest BCUT2D eigenvalue weighted by molar-refractivity contribution is 5.96. The number of carbonyl (C=O) groups is 2. The van der Waals surface area contributed by atoms with Crippen molar-refractivity contribution in [3.05, 3.63) is 94.1 Å². The average Bonchev–Trinajstić information content (AvgIpc) is 2.89. The van der Waals surface area contributed by atoms with E-state index in [2.05, 4.69) is 18.3 Å². The normalized spacial score (nSPS) is 18.6. The van der Waals surface area contributed by atoms with E-state index in [0.29, 0.717) is 17.7 Å². The lowest BCUT2D eigenvalue weighted by atomic mass is 9.63. The summed E-state index contributed by atoms with van der Waals surface area (Å²) >= 11 is 0. The third kappa shape index (κ3) is 7.43. The van der Waals surface area contributed by atoms with Gasteiger partial charge in [-0.1, -0.05) is 48.9 Å². The largest absolute Gasteiger partial charge is 0.391 e. The third-order valence-electron chi connectivity index (χ3n) is 7.78. The molecule has 0 aliphatic heterocycles. The topological polar surface area (TPSA) is 95.7 Å². The van der Waals surface area contributed by atoms with Crippen LogP contribution in [0.4, 0.5) is 8.78 Å². The Morgan fingerprint density at radius 2 is 1.75 bits per heavy atom. The number of nitrogens with two attached hydrogens (primary N) is 1. The van der Waals surface area contributed by atoms with Gasteiger partial charge in [0.05, 0.1) is 11.5 Å². The third-order valence-corrected chi connectivity index (χ3v) is 7.78. The van der Waals surface area contributed by atoms with Gasteiger partial charge in [0.25, 0.3) is 0 Å². The number of hydrogen-bond acceptors (Lipinski definition) is 4. The molecule has 0 fully saturated rings. The number of aryl methyl sites for hydroxylation is 1. The van der Waals surface area contributed by atoms with Crippen molar-refractivity contribution in [3.63, 3.8) is 0 Å². The van der Waals surface area contributed by atoms with Gasteiger partial charge in [-0.05, 0) is 68.9 Å². The summed E-state index contributed by atoms with van der Waals surface area (Å²) in [5.41, 5.74) is 8.14. The van der Waals surface area contributed by atoms with Crippen LogP contribution in [0.25, 0.3) is 0 Å². The standard InChI is InChI=1S/C32H41F2N3O3/c1-6-22-8-7-9-23(11-22)18-36-19-29(38)28(14-24-12-26(33)15-27(34)13-24)32(31(35)40)16-21(4)10-25(17-32)30(39)37(5)20(2)3/h7-13,15-16,20,28-29,36,38H,6,14,17-19H2,1-5H3,(H2,35,40)/t28-,29+,32?/m1/s1. The zero-order valence-corrected chi connectivity index (χ0v) is 24.0. The molecule has 2 aromatic carbocycles. The van der Waals surface area contributed by atoms with Gasteiger partial charge in [-0.3, -0.25) is 9.59 Å². The minimum absolute atomic E-state index is 0.0307. The first-order valence-electron chi connectivity index (χ1n) is 13.7. The zero-order valence-electron chi connectivity index (χ0n) is 24.0. The molecule has 216 valence electrons. The Kier molecular flexibility index (Phi) is 10.4. The van der Waals surface area contributed by atoms with Crippen LogP contribution < -0.4 is 11.1 Å². The molecular weight excluding hydrogens is 512 g/mol. The molecule has 4 N–H and O–H groups in total. The number of rotatable bonds is 12. The minimum atomic E-state index is -1.46. The molecule has 40 heavy (non-hydrogen) atoms. The Hall–Kier alpha value is -3.36. The number of amides is 2. The predicted molar refractivity (Wildman–Crippen MR) is 153 cm³/mol. The second-order valence-electron chi connectivity index (χ2n) is 11.1. The van der Waals surface area contributed by atoms with Gasteiger partial charge in [0.15, 0.2) is 0 Å². The summed E-state index contributed by atoms with van der Waals surface area (Å²) in [6.07, 6.45) is 3.12. The molecule has 0 saturated carbocycles. The number of likely N-dealkylation sites (N-methyl/N-ethyl adjacent to an activating group) is 1. The Morgan fingerprint density at radius 1 is 1.10 bits per heavy atom. The highest BCUT2D eigenvalue weighted by Crippen LogP contribution is 2.44. The summed E-state index contributed by atoms with van der Waals surface area (Å²) < 4.78 is 28.3. The molecule has 6 nitrogen and oxygen atoms in total. The Labute approximate surface area is 236 Å².